The third kappa shape index (κ3) is 5.50. The summed E-state index contributed by atoms with van der Waals surface area (Å²) in [5.74, 6) is 0. The standard InChI is InChI=1S/C66H45BN2/c1-3-40-24-26-42-36-64-60(34-44(42)32-40)67-61-35-45-33-41(4-2)25-27-43(45)37-65(61)69(47-29-31-57-53-19-8-6-15-49(53)51-17-10-12-21-55(51)59(57)39-47)63-23-13-22-62(66(63)67)68(64)46-28-30-56-52-18-7-5-14-48(52)50-16-9-11-20-54(50)58(56)38-46/h5-39H,3-4H2,1-2H3. The second kappa shape index (κ2) is 14.6. The molecule has 0 aromatic heterocycles. The Hall–Kier alpha value is -8.40. The topological polar surface area (TPSA) is 6.48 Å². The Morgan fingerprint density at radius 1 is 0.290 bits per heavy atom. The molecule has 0 unspecified atom stereocenters. The molecule has 0 aliphatic carbocycles. The van der Waals surface area contributed by atoms with Crippen LogP contribution in [0, 0.1) is 0 Å². The van der Waals surface area contributed by atoms with Crippen LogP contribution in [0.4, 0.5) is 34.1 Å². The van der Waals surface area contributed by atoms with E-state index in [9.17, 15) is 0 Å². The summed E-state index contributed by atoms with van der Waals surface area (Å²) < 4.78 is 0. The number of benzene rings is 13. The minimum atomic E-state index is -0.00599. The van der Waals surface area contributed by atoms with Crippen LogP contribution in [0.2, 0.25) is 0 Å². The fraction of sp³-hybridized carbons (Fsp3) is 0.0606. The van der Waals surface area contributed by atoms with Crippen molar-refractivity contribution in [2.24, 2.45) is 0 Å². The maximum atomic E-state index is 2.58. The van der Waals surface area contributed by atoms with Crippen LogP contribution in [-0.2, 0) is 12.8 Å². The molecule has 0 radical (unpaired) electrons. The van der Waals surface area contributed by atoms with Crippen molar-refractivity contribution in [3.63, 3.8) is 0 Å². The lowest BCUT2D eigenvalue weighted by atomic mass is 9.33. The van der Waals surface area contributed by atoms with E-state index in [1.165, 1.54) is 136 Å². The molecule has 0 atom stereocenters. The summed E-state index contributed by atoms with van der Waals surface area (Å²) in [5, 5.41) is 20.5. The van der Waals surface area contributed by atoms with Crippen LogP contribution in [-0.4, -0.2) is 6.71 Å². The molecule has 0 saturated carbocycles. The van der Waals surface area contributed by atoms with Gasteiger partial charge in [-0.15, -0.1) is 0 Å². The lowest BCUT2D eigenvalue weighted by Gasteiger charge is -2.44. The summed E-state index contributed by atoms with van der Waals surface area (Å²) in [5.41, 5.74) is 13.9. The van der Waals surface area contributed by atoms with E-state index in [1.807, 2.05) is 0 Å². The third-order valence-electron chi connectivity index (χ3n) is 15.8. The monoisotopic (exact) mass is 876 g/mol. The van der Waals surface area contributed by atoms with Gasteiger partial charge in [-0.1, -0.05) is 178 Å². The molecule has 15 rings (SSSR count). The van der Waals surface area contributed by atoms with Crippen molar-refractivity contribution in [2.45, 2.75) is 26.7 Å². The normalized spacial score (nSPS) is 13.1. The maximum Gasteiger partial charge on any atom is 0.252 e. The lowest BCUT2D eigenvalue weighted by molar-refractivity contribution is 1.15. The van der Waals surface area contributed by atoms with Crippen LogP contribution in [0.3, 0.4) is 0 Å². The van der Waals surface area contributed by atoms with Gasteiger partial charge in [-0.05, 0) is 175 Å². The van der Waals surface area contributed by atoms with Crippen molar-refractivity contribution in [3.05, 3.63) is 223 Å². The fourth-order valence-corrected chi connectivity index (χ4v) is 12.6. The first kappa shape index (κ1) is 38.7. The number of hydrogen-bond acceptors (Lipinski definition) is 2. The highest BCUT2D eigenvalue weighted by molar-refractivity contribution is 7.00. The number of anilines is 6. The Labute approximate surface area is 401 Å². The van der Waals surface area contributed by atoms with Crippen molar-refractivity contribution in [3.8, 4) is 0 Å². The van der Waals surface area contributed by atoms with E-state index >= 15 is 0 Å². The van der Waals surface area contributed by atoms with Gasteiger partial charge in [-0.25, -0.2) is 0 Å². The van der Waals surface area contributed by atoms with Crippen molar-refractivity contribution >= 4 is 143 Å². The summed E-state index contributed by atoms with van der Waals surface area (Å²) in [6.07, 6.45) is 1.99. The Balaban J connectivity index is 1.05. The van der Waals surface area contributed by atoms with Crippen molar-refractivity contribution < 1.29 is 0 Å². The summed E-state index contributed by atoms with van der Waals surface area (Å²) in [6.45, 7) is 4.51. The fourth-order valence-electron chi connectivity index (χ4n) is 12.6. The van der Waals surface area contributed by atoms with E-state index in [4.69, 9.17) is 0 Å². The molecule has 0 fully saturated rings. The zero-order chi connectivity index (χ0) is 45.5. The average Bonchev–Trinajstić information content (AvgIpc) is 3.41. The number of nitrogens with zero attached hydrogens (tertiary/aromatic N) is 2. The Kier molecular flexibility index (Phi) is 8.16. The quantitative estimate of drug-likeness (QED) is 0.128. The molecule has 0 spiro atoms. The summed E-state index contributed by atoms with van der Waals surface area (Å²) in [4.78, 5) is 5.17. The molecule has 0 N–H and O–H groups in total. The zero-order valence-corrected chi connectivity index (χ0v) is 38.6. The van der Waals surface area contributed by atoms with Crippen LogP contribution in [0.25, 0.3) is 86.2 Å². The highest BCUT2D eigenvalue weighted by atomic mass is 15.2. The molecule has 3 heteroatoms. The van der Waals surface area contributed by atoms with E-state index in [1.54, 1.807) is 0 Å². The van der Waals surface area contributed by atoms with E-state index in [0.717, 1.165) is 24.2 Å². The first-order valence-corrected chi connectivity index (χ1v) is 24.6. The highest BCUT2D eigenvalue weighted by Gasteiger charge is 2.43. The van der Waals surface area contributed by atoms with Gasteiger partial charge >= 0.3 is 0 Å². The Bertz CT molecular complexity index is 4030. The van der Waals surface area contributed by atoms with Crippen LogP contribution in [0.1, 0.15) is 25.0 Å². The molecule has 13 aromatic rings. The molecular formula is C66H45BN2. The first-order chi connectivity index (χ1) is 34.1. The molecule has 13 aromatic carbocycles. The third-order valence-corrected chi connectivity index (χ3v) is 15.8. The van der Waals surface area contributed by atoms with Gasteiger partial charge in [0.2, 0.25) is 0 Å². The van der Waals surface area contributed by atoms with Crippen molar-refractivity contribution in [1.82, 2.24) is 0 Å². The minimum absolute atomic E-state index is 0.00599. The molecule has 2 nitrogen and oxygen atoms in total. The Morgan fingerprint density at radius 3 is 1.03 bits per heavy atom. The molecule has 2 aliphatic heterocycles. The van der Waals surface area contributed by atoms with Crippen LogP contribution >= 0.6 is 0 Å². The van der Waals surface area contributed by atoms with Gasteiger partial charge < -0.3 is 9.80 Å². The van der Waals surface area contributed by atoms with Gasteiger partial charge in [0, 0.05) is 34.1 Å². The molecular weight excluding hydrogens is 832 g/mol. The van der Waals surface area contributed by atoms with Gasteiger partial charge in [0.15, 0.2) is 0 Å². The molecule has 0 saturated heterocycles. The zero-order valence-electron chi connectivity index (χ0n) is 38.6. The van der Waals surface area contributed by atoms with Gasteiger partial charge in [0.1, 0.15) is 0 Å². The van der Waals surface area contributed by atoms with E-state index in [0.29, 0.717) is 0 Å². The second-order valence-corrected chi connectivity index (χ2v) is 19.3. The van der Waals surface area contributed by atoms with Crippen LogP contribution in [0.5, 0.6) is 0 Å². The minimum Gasteiger partial charge on any atom is -0.311 e. The summed E-state index contributed by atoms with van der Waals surface area (Å²) in [7, 11) is 0. The number of rotatable bonds is 4. The first-order valence-electron chi connectivity index (χ1n) is 24.6. The summed E-state index contributed by atoms with van der Waals surface area (Å²) >= 11 is 0. The lowest BCUT2D eigenvalue weighted by Crippen LogP contribution is -2.61. The molecule has 0 bridgehead atoms. The summed E-state index contributed by atoms with van der Waals surface area (Å²) in [6, 6.07) is 81.3. The Morgan fingerprint density at radius 2 is 0.652 bits per heavy atom. The van der Waals surface area contributed by atoms with Gasteiger partial charge in [0.05, 0.1) is 0 Å². The average molecular weight is 877 g/mol. The van der Waals surface area contributed by atoms with Gasteiger partial charge in [-0.3, -0.25) is 0 Å². The van der Waals surface area contributed by atoms with Crippen molar-refractivity contribution in [2.75, 3.05) is 9.80 Å². The van der Waals surface area contributed by atoms with Crippen LogP contribution < -0.4 is 26.2 Å². The second-order valence-electron chi connectivity index (χ2n) is 19.3. The van der Waals surface area contributed by atoms with E-state index in [2.05, 4.69) is 236 Å². The predicted molar refractivity (Wildman–Crippen MR) is 299 cm³/mol. The van der Waals surface area contributed by atoms with Gasteiger partial charge in [-0.2, -0.15) is 0 Å². The predicted octanol–water partition coefficient (Wildman–Crippen LogP) is 16.1. The molecule has 2 aliphatic rings. The van der Waals surface area contributed by atoms with Crippen molar-refractivity contribution in [1.29, 1.82) is 0 Å². The van der Waals surface area contributed by atoms with Gasteiger partial charge in [0.25, 0.3) is 6.71 Å². The largest absolute Gasteiger partial charge is 0.311 e. The number of aryl methyl sites for hydroxylation is 2. The maximum absolute atomic E-state index is 2.58. The van der Waals surface area contributed by atoms with Crippen LogP contribution in [0.15, 0.2) is 212 Å². The SMILES string of the molecule is CCc1ccc2cc3c(cc2c1)B1c2cc4cc(CC)ccc4cc2N(c2ccc4c5ccccc5c5ccccc5c4c2)c2cccc(c21)N3c1ccc2c3ccccc3c3ccccc3c2c1. The smallest absolute Gasteiger partial charge is 0.252 e. The molecule has 69 heavy (non-hydrogen) atoms. The molecule has 0 amide bonds. The number of fused-ring (bicyclic) bond motifs is 18. The number of hydrogen-bond donors (Lipinski definition) is 0. The molecule has 322 valence electrons. The van der Waals surface area contributed by atoms with E-state index in [-0.39, 0.29) is 6.71 Å². The molecule has 2 heterocycles. The van der Waals surface area contributed by atoms with E-state index < -0.39 is 0 Å². The highest BCUT2D eigenvalue weighted by Crippen LogP contribution is 2.48.